The fourth-order valence-corrected chi connectivity index (χ4v) is 3.92. The van der Waals surface area contributed by atoms with E-state index in [4.69, 9.17) is 9.47 Å². The van der Waals surface area contributed by atoms with Gasteiger partial charge in [-0.05, 0) is 36.8 Å². The summed E-state index contributed by atoms with van der Waals surface area (Å²) in [6.45, 7) is 0. The van der Waals surface area contributed by atoms with Crippen LogP contribution in [0.2, 0.25) is 0 Å². The highest BCUT2D eigenvalue weighted by Gasteiger charge is 2.11. The molecule has 0 saturated heterocycles. The normalized spacial score (nSPS) is 10.9. The van der Waals surface area contributed by atoms with E-state index in [9.17, 15) is 4.79 Å². The molecule has 0 bridgehead atoms. The molecule has 8 heteroatoms. The molecule has 2 aromatic carbocycles. The van der Waals surface area contributed by atoms with Gasteiger partial charge in [0.2, 0.25) is 5.91 Å². The molecular weight excluding hydrogens is 400 g/mol. The smallest absolute Gasteiger partial charge is 0.226 e. The molecule has 0 saturated carbocycles. The Labute approximate surface area is 178 Å². The van der Waals surface area contributed by atoms with Gasteiger partial charge in [0.05, 0.1) is 30.9 Å². The molecule has 7 nitrogen and oxygen atoms in total. The maximum atomic E-state index is 12.3. The number of nitrogens with zero attached hydrogens (tertiary/aromatic N) is 2. The zero-order valence-corrected chi connectivity index (χ0v) is 17.6. The van der Waals surface area contributed by atoms with Crippen LogP contribution in [0.25, 0.3) is 22.3 Å². The van der Waals surface area contributed by atoms with Crippen LogP contribution in [0.3, 0.4) is 0 Å². The molecule has 0 fully saturated rings. The topological polar surface area (TPSA) is 89.1 Å². The van der Waals surface area contributed by atoms with E-state index < -0.39 is 0 Å². The molecule has 0 unspecified atom stereocenters. The van der Waals surface area contributed by atoms with Crippen molar-refractivity contribution in [2.45, 2.75) is 19.3 Å². The van der Waals surface area contributed by atoms with Crippen molar-refractivity contribution in [1.29, 1.82) is 0 Å². The number of ether oxygens (including phenoxy) is 2. The van der Waals surface area contributed by atoms with Gasteiger partial charge in [0.1, 0.15) is 5.82 Å². The third-order valence-corrected chi connectivity index (χ3v) is 5.44. The average molecular weight is 423 g/mol. The summed E-state index contributed by atoms with van der Waals surface area (Å²) in [5.74, 6) is 2.14. The monoisotopic (exact) mass is 422 g/mol. The number of rotatable bonds is 8. The molecular formula is C22H22N4O3S. The summed E-state index contributed by atoms with van der Waals surface area (Å²) in [4.78, 5) is 24.6. The molecule has 0 atom stereocenters. The Hall–Kier alpha value is -3.39. The van der Waals surface area contributed by atoms with Crippen LogP contribution in [0.15, 0.2) is 47.8 Å². The number of nitrogens with one attached hydrogen (secondary N) is 2. The Bertz CT molecular complexity index is 1140. The number of hydrogen-bond acceptors (Lipinski definition) is 6. The molecule has 1 amide bonds. The Balaban J connectivity index is 1.32. The van der Waals surface area contributed by atoms with E-state index in [0.717, 1.165) is 34.5 Å². The van der Waals surface area contributed by atoms with Gasteiger partial charge in [-0.15, -0.1) is 11.3 Å². The minimum absolute atomic E-state index is 0.0562. The minimum atomic E-state index is -0.0562. The number of imidazole rings is 1. The fourth-order valence-electron chi connectivity index (χ4n) is 3.18. The summed E-state index contributed by atoms with van der Waals surface area (Å²) in [5, 5.41) is 5.36. The second-order valence-corrected chi connectivity index (χ2v) is 7.57. The SMILES string of the molecule is COc1ccc(-c2csc(NC(=O)CCCc3nc4ccccc4[nH]3)n2)cc1OC. The number of anilines is 1. The van der Waals surface area contributed by atoms with Crippen molar-refractivity contribution in [2.75, 3.05) is 19.5 Å². The van der Waals surface area contributed by atoms with Crippen molar-refractivity contribution >= 4 is 33.4 Å². The number of aromatic nitrogens is 3. The highest BCUT2D eigenvalue weighted by Crippen LogP contribution is 2.33. The van der Waals surface area contributed by atoms with Crippen LogP contribution in [0.1, 0.15) is 18.7 Å². The van der Waals surface area contributed by atoms with Gasteiger partial charge in [0.25, 0.3) is 0 Å². The van der Waals surface area contributed by atoms with Gasteiger partial charge in [-0.1, -0.05) is 12.1 Å². The highest BCUT2D eigenvalue weighted by atomic mass is 32.1. The first kappa shape index (κ1) is 19.9. The van der Waals surface area contributed by atoms with Crippen molar-refractivity contribution in [3.8, 4) is 22.8 Å². The molecule has 4 aromatic rings. The van der Waals surface area contributed by atoms with E-state index in [1.807, 2.05) is 47.8 Å². The van der Waals surface area contributed by atoms with Gasteiger partial charge in [-0.3, -0.25) is 4.79 Å². The number of para-hydroxylation sites is 2. The number of thiazole rings is 1. The third kappa shape index (κ3) is 4.44. The number of benzene rings is 2. The summed E-state index contributed by atoms with van der Waals surface area (Å²) in [7, 11) is 3.20. The Morgan fingerprint density at radius 3 is 2.73 bits per heavy atom. The van der Waals surface area contributed by atoms with Crippen LogP contribution in [-0.2, 0) is 11.2 Å². The van der Waals surface area contributed by atoms with E-state index in [1.165, 1.54) is 11.3 Å². The molecule has 0 aliphatic carbocycles. The van der Waals surface area contributed by atoms with Crippen LogP contribution >= 0.6 is 11.3 Å². The molecule has 0 radical (unpaired) electrons. The lowest BCUT2D eigenvalue weighted by atomic mass is 10.1. The quantitative estimate of drug-likeness (QED) is 0.431. The van der Waals surface area contributed by atoms with E-state index in [2.05, 4.69) is 20.3 Å². The molecule has 2 heterocycles. The van der Waals surface area contributed by atoms with Gasteiger partial charge in [-0.25, -0.2) is 9.97 Å². The van der Waals surface area contributed by atoms with Crippen LogP contribution in [0.4, 0.5) is 5.13 Å². The van der Waals surface area contributed by atoms with Gasteiger partial charge in [0, 0.05) is 23.8 Å². The first-order valence-electron chi connectivity index (χ1n) is 9.57. The molecule has 0 aliphatic heterocycles. The summed E-state index contributed by atoms with van der Waals surface area (Å²) >= 11 is 1.40. The van der Waals surface area contributed by atoms with Gasteiger partial charge < -0.3 is 19.8 Å². The molecule has 0 aliphatic rings. The zero-order valence-electron chi connectivity index (χ0n) is 16.8. The number of hydrogen-bond donors (Lipinski definition) is 2. The van der Waals surface area contributed by atoms with Crippen molar-refractivity contribution in [3.63, 3.8) is 0 Å². The maximum absolute atomic E-state index is 12.3. The van der Waals surface area contributed by atoms with Crippen molar-refractivity contribution in [3.05, 3.63) is 53.7 Å². The van der Waals surface area contributed by atoms with Crippen LogP contribution in [-0.4, -0.2) is 35.1 Å². The number of aryl methyl sites for hydroxylation is 1. The van der Waals surface area contributed by atoms with Gasteiger partial charge in [-0.2, -0.15) is 0 Å². The number of carbonyl (C=O) groups excluding carboxylic acids is 1. The van der Waals surface area contributed by atoms with Crippen molar-refractivity contribution in [2.24, 2.45) is 0 Å². The lowest BCUT2D eigenvalue weighted by molar-refractivity contribution is -0.116. The second kappa shape index (κ2) is 8.96. The predicted octanol–water partition coefficient (Wildman–Crippen LogP) is 4.67. The van der Waals surface area contributed by atoms with Gasteiger partial charge >= 0.3 is 0 Å². The number of fused-ring (bicyclic) bond motifs is 1. The van der Waals surface area contributed by atoms with Crippen LogP contribution in [0.5, 0.6) is 11.5 Å². The largest absolute Gasteiger partial charge is 0.493 e. The van der Waals surface area contributed by atoms with E-state index in [-0.39, 0.29) is 5.91 Å². The predicted molar refractivity (Wildman–Crippen MR) is 118 cm³/mol. The second-order valence-electron chi connectivity index (χ2n) is 6.71. The zero-order chi connectivity index (χ0) is 20.9. The lowest BCUT2D eigenvalue weighted by Crippen LogP contribution is -2.11. The Morgan fingerprint density at radius 1 is 1.10 bits per heavy atom. The summed E-state index contributed by atoms with van der Waals surface area (Å²) in [6, 6.07) is 13.5. The first-order valence-corrected chi connectivity index (χ1v) is 10.5. The number of H-pyrrole nitrogens is 1. The molecule has 2 aromatic heterocycles. The van der Waals surface area contributed by atoms with Crippen LogP contribution in [0, 0.1) is 0 Å². The van der Waals surface area contributed by atoms with Crippen LogP contribution < -0.4 is 14.8 Å². The minimum Gasteiger partial charge on any atom is -0.493 e. The lowest BCUT2D eigenvalue weighted by Gasteiger charge is -2.08. The van der Waals surface area contributed by atoms with E-state index >= 15 is 0 Å². The summed E-state index contributed by atoms with van der Waals surface area (Å²) in [5.41, 5.74) is 3.64. The number of carbonyl (C=O) groups is 1. The molecule has 30 heavy (non-hydrogen) atoms. The maximum Gasteiger partial charge on any atom is 0.226 e. The Morgan fingerprint density at radius 2 is 1.93 bits per heavy atom. The molecule has 2 N–H and O–H groups in total. The average Bonchev–Trinajstić information content (AvgIpc) is 3.39. The molecule has 0 spiro atoms. The van der Waals surface area contributed by atoms with Gasteiger partial charge in [0.15, 0.2) is 16.6 Å². The number of aromatic amines is 1. The molecule has 4 rings (SSSR count). The first-order chi connectivity index (χ1) is 14.7. The Kier molecular flexibility index (Phi) is 5.94. The fraction of sp³-hybridized carbons (Fsp3) is 0.227. The number of methoxy groups -OCH3 is 2. The van der Waals surface area contributed by atoms with E-state index in [0.29, 0.717) is 29.5 Å². The standard InChI is InChI=1S/C22H22N4O3S/c1-28-18-11-10-14(12-19(18)29-2)17-13-30-22(25-17)26-21(27)9-5-8-20-23-15-6-3-4-7-16(15)24-20/h3-4,6-7,10-13H,5,8-9H2,1-2H3,(H,23,24)(H,25,26,27). The summed E-state index contributed by atoms with van der Waals surface area (Å²) < 4.78 is 10.6. The molecule has 154 valence electrons. The van der Waals surface area contributed by atoms with E-state index in [1.54, 1.807) is 14.2 Å². The van der Waals surface area contributed by atoms with Crippen molar-refractivity contribution in [1.82, 2.24) is 15.0 Å². The third-order valence-electron chi connectivity index (χ3n) is 4.69. The van der Waals surface area contributed by atoms with Crippen molar-refractivity contribution < 1.29 is 14.3 Å². The highest BCUT2D eigenvalue weighted by molar-refractivity contribution is 7.14. The summed E-state index contributed by atoms with van der Waals surface area (Å²) in [6.07, 6.45) is 1.83. The number of amides is 1.